The fourth-order valence-electron chi connectivity index (χ4n) is 2.07. The molecule has 3 rings (SSSR count). The molecule has 0 saturated carbocycles. The van der Waals surface area contributed by atoms with E-state index in [1.165, 1.54) is 0 Å². The molecule has 1 amide bonds. The van der Waals surface area contributed by atoms with Crippen molar-refractivity contribution < 1.29 is 4.79 Å². The van der Waals surface area contributed by atoms with Crippen LogP contribution in [0.5, 0.6) is 0 Å². The third-order valence-corrected chi connectivity index (χ3v) is 4.07. The lowest BCUT2D eigenvalue weighted by Crippen LogP contribution is -2.14. The predicted molar refractivity (Wildman–Crippen MR) is 85.2 cm³/mol. The van der Waals surface area contributed by atoms with Crippen LogP contribution >= 0.6 is 27.5 Å². The van der Waals surface area contributed by atoms with Gasteiger partial charge in [0.25, 0.3) is 5.91 Å². The lowest BCUT2D eigenvalue weighted by atomic mass is 10.1. The van der Waals surface area contributed by atoms with Gasteiger partial charge in [-0.2, -0.15) is 0 Å². The molecule has 0 aliphatic carbocycles. The highest BCUT2D eigenvalue weighted by molar-refractivity contribution is 9.10. The molecular formula is C15H10BrClN2O. The number of anilines is 1. The molecule has 1 aliphatic rings. The quantitative estimate of drug-likeness (QED) is 0.810. The van der Waals surface area contributed by atoms with Gasteiger partial charge in [-0.3, -0.25) is 4.79 Å². The third kappa shape index (κ3) is 2.25. The molecule has 1 N–H and O–H groups in total. The third-order valence-electron chi connectivity index (χ3n) is 3.17. The first-order chi connectivity index (χ1) is 9.56. The minimum Gasteiger partial charge on any atom is -0.320 e. The number of fused-ring (bicyclic) bond motifs is 1. The maximum atomic E-state index is 12.1. The zero-order valence-electron chi connectivity index (χ0n) is 10.6. The molecule has 0 bridgehead atoms. The molecule has 2 aromatic carbocycles. The largest absolute Gasteiger partial charge is 0.320 e. The molecule has 1 aliphatic heterocycles. The summed E-state index contributed by atoms with van der Waals surface area (Å²) in [5.74, 6) is -0.197. The van der Waals surface area contributed by atoms with Gasteiger partial charge in [0.1, 0.15) is 5.71 Å². The number of aliphatic imine (C=N–C) groups is 1. The Morgan fingerprint density at radius 1 is 1.25 bits per heavy atom. The summed E-state index contributed by atoms with van der Waals surface area (Å²) in [5.41, 5.74) is 3.54. The summed E-state index contributed by atoms with van der Waals surface area (Å²) < 4.78 is 0.906. The Morgan fingerprint density at radius 3 is 2.85 bits per heavy atom. The molecule has 5 heteroatoms. The number of benzene rings is 2. The average Bonchev–Trinajstić information content (AvgIpc) is 2.71. The van der Waals surface area contributed by atoms with Crippen molar-refractivity contribution in [1.82, 2.24) is 0 Å². The standard InChI is InChI=1S/C15H10BrClN2O/c1-8-11(17)3-2-4-12(8)18-14-10-7-9(16)5-6-13(10)19-15(14)20/h2-7H,1H3,(H,18,19,20). The van der Waals surface area contributed by atoms with Crippen molar-refractivity contribution in [3.8, 4) is 0 Å². The maximum Gasteiger partial charge on any atom is 0.275 e. The van der Waals surface area contributed by atoms with Crippen LogP contribution in [-0.4, -0.2) is 11.6 Å². The Morgan fingerprint density at radius 2 is 2.05 bits per heavy atom. The van der Waals surface area contributed by atoms with E-state index >= 15 is 0 Å². The fraction of sp³-hybridized carbons (Fsp3) is 0.0667. The van der Waals surface area contributed by atoms with Gasteiger partial charge in [-0.25, -0.2) is 4.99 Å². The predicted octanol–water partition coefficient (Wildman–Crippen LogP) is 4.48. The number of carbonyl (C=O) groups is 1. The summed E-state index contributed by atoms with van der Waals surface area (Å²) in [6, 6.07) is 11.1. The fourth-order valence-corrected chi connectivity index (χ4v) is 2.60. The highest BCUT2D eigenvalue weighted by Gasteiger charge is 2.26. The number of halogens is 2. The molecule has 100 valence electrons. The minimum absolute atomic E-state index is 0.197. The molecule has 0 aromatic heterocycles. The smallest absolute Gasteiger partial charge is 0.275 e. The van der Waals surface area contributed by atoms with Gasteiger partial charge in [-0.15, -0.1) is 0 Å². The number of amides is 1. The van der Waals surface area contributed by atoms with Gasteiger partial charge in [-0.05, 0) is 42.8 Å². The van der Waals surface area contributed by atoms with Crippen LogP contribution in [0.25, 0.3) is 0 Å². The van der Waals surface area contributed by atoms with Crippen molar-refractivity contribution in [2.75, 3.05) is 5.32 Å². The number of nitrogens with zero attached hydrogens (tertiary/aromatic N) is 1. The molecule has 0 atom stereocenters. The first kappa shape index (κ1) is 13.3. The first-order valence-corrected chi connectivity index (χ1v) is 7.18. The number of rotatable bonds is 1. The topological polar surface area (TPSA) is 41.5 Å². The van der Waals surface area contributed by atoms with Crippen LogP contribution in [0.3, 0.4) is 0 Å². The van der Waals surface area contributed by atoms with Gasteiger partial charge in [0.2, 0.25) is 0 Å². The number of carbonyl (C=O) groups excluding carboxylic acids is 1. The zero-order valence-corrected chi connectivity index (χ0v) is 12.9. The van der Waals surface area contributed by atoms with Crippen LogP contribution < -0.4 is 5.32 Å². The Balaban J connectivity index is 2.15. The molecule has 0 saturated heterocycles. The molecule has 0 spiro atoms. The summed E-state index contributed by atoms with van der Waals surface area (Å²) in [5, 5.41) is 3.44. The van der Waals surface area contributed by atoms with Gasteiger partial charge >= 0.3 is 0 Å². The highest BCUT2D eigenvalue weighted by Crippen LogP contribution is 2.31. The second kappa shape index (κ2) is 5.04. The Hall–Kier alpha value is -1.65. The minimum atomic E-state index is -0.197. The Bertz CT molecular complexity index is 756. The number of hydrogen-bond acceptors (Lipinski definition) is 2. The Labute approximate surface area is 129 Å². The molecule has 0 unspecified atom stereocenters. The van der Waals surface area contributed by atoms with Gasteiger partial charge in [-0.1, -0.05) is 33.6 Å². The van der Waals surface area contributed by atoms with Gasteiger partial charge in [0, 0.05) is 15.1 Å². The summed E-state index contributed by atoms with van der Waals surface area (Å²) in [6.45, 7) is 1.89. The van der Waals surface area contributed by atoms with Crippen molar-refractivity contribution in [1.29, 1.82) is 0 Å². The van der Waals surface area contributed by atoms with Crippen LogP contribution in [0.4, 0.5) is 11.4 Å². The van der Waals surface area contributed by atoms with Crippen LogP contribution in [-0.2, 0) is 4.79 Å². The van der Waals surface area contributed by atoms with E-state index in [1.807, 2.05) is 37.3 Å². The van der Waals surface area contributed by atoms with Gasteiger partial charge in [0.05, 0.1) is 11.4 Å². The van der Waals surface area contributed by atoms with E-state index in [1.54, 1.807) is 6.07 Å². The summed E-state index contributed by atoms with van der Waals surface area (Å²) in [6.07, 6.45) is 0. The van der Waals surface area contributed by atoms with E-state index in [0.29, 0.717) is 16.4 Å². The summed E-state index contributed by atoms with van der Waals surface area (Å²) >= 11 is 9.49. The van der Waals surface area contributed by atoms with Crippen molar-refractivity contribution in [3.63, 3.8) is 0 Å². The van der Waals surface area contributed by atoms with E-state index < -0.39 is 0 Å². The van der Waals surface area contributed by atoms with Crippen molar-refractivity contribution >= 4 is 50.5 Å². The lowest BCUT2D eigenvalue weighted by Gasteiger charge is -2.03. The lowest BCUT2D eigenvalue weighted by molar-refractivity contribution is -0.110. The molecule has 0 radical (unpaired) electrons. The monoisotopic (exact) mass is 348 g/mol. The van der Waals surface area contributed by atoms with E-state index in [9.17, 15) is 4.79 Å². The van der Waals surface area contributed by atoms with E-state index in [2.05, 4.69) is 26.2 Å². The molecule has 0 fully saturated rings. The van der Waals surface area contributed by atoms with Crippen LogP contribution in [0.1, 0.15) is 11.1 Å². The second-order valence-electron chi connectivity index (χ2n) is 4.49. The van der Waals surface area contributed by atoms with E-state index in [-0.39, 0.29) is 5.91 Å². The molecule has 3 nitrogen and oxygen atoms in total. The van der Waals surface area contributed by atoms with Crippen LogP contribution in [0, 0.1) is 6.92 Å². The zero-order chi connectivity index (χ0) is 14.3. The van der Waals surface area contributed by atoms with E-state index in [0.717, 1.165) is 21.3 Å². The van der Waals surface area contributed by atoms with Crippen molar-refractivity contribution in [3.05, 3.63) is 57.0 Å². The summed E-state index contributed by atoms with van der Waals surface area (Å²) in [7, 11) is 0. The molecular weight excluding hydrogens is 340 g/mol. The van der Waals surface area contributed by atoms with Crippen LogP contribution in [0.2, 0.25) is 5.02 Å². The highest BCUT2D eigenvalue weighted by atomic mass is 79.9. The van der Waals surface area contributed by atoms with Crippen LogP contribution in [0.15, 0.2) is 45.9 Å². The number of hydrogen-bond donors (Lipinski definition) is 1. The van der Waals surface area contributed by atoms with E-state index in [4.69, 9.17) is 11.6 Å². The Kier molecular flexibility index (Phi) is 3.36. The second-order valence-corrected chi connectivity index (χ2v) is 5.81. The van der Waals surface area contributed by atoms with Gasteiger partial charge in [0.15, 0.2) is 0 Å². The SMILES string of the molecule is Cc1c(Cl)cccc1N=C1C(=O)Nc2ccc(Br)cc21. The normalized spacial score (nSPS) is 15.3. The summed E-state index contributed by atoms with van der Waals surface area (Å²) in [4.78, 5) is 16.5. The average molecular weight is 350 g/mol. The van der Waals surface area contributed by atoms with Gasteiger partial charge < -0.3 is 5.32 Å². The van der Waals surface area contributed by atoms with Crippen molar-refractivity contribution in [2.24, 2.45) is 4.99 Å². The first-order valence-electron chi connectivity index (χ1n) is 6.01. The number of nitrogens with one attached hydrogen (secondary N) is 1. The molecule has 1 heterocycles. The molecule has 2 aromatic rings. The van der Waals surface area contributed by atoms with Crippen molar-refractivity contribution in [2.45, 2.75) is 6.92 Å². The maximum absolute atomic E-state index is 12.1. The molecule has 20 heavy (non-hydrogen) atoms.